The minimum atomic E-state index is -0.853. The monoisotopic (exact) mass is 223 g/mol. The van der Waals surface area contributed by atoms with Gasteiger partial charge in [-0.2, -0.15) is 0 Å². The summed E-state index contributed by atoms with van der Waals surface area (Å²) in [5.74, 6) is -0.144. The van der Waals surface area contributed by atoms with E-state index in [0.29, 0.717) is 12.4 Å². The van der Waals surface area contributed by atoms with Crippen LogP contribution >= 0.6 is 0 Å². The zero-order chi connectivity index (χ0) is 12.1. The summed E-state index contributed by atoms with van der Waals surface area (Å²) in [6.45, 7) is 4.11. The smallest absolute Gasteiger partial charge is 0.326 e. The van der Waals surface area contributed by atoms with Crippen molar-refractivity contribution in [2.75, 3.05) is 18.6 Å². The summed E-state index contributed by atoms with van der Waals surface area (Å²) in [6, 6.07) is 6.84. The van der Waals surface area contributed by atoms with Crippen LogP contribution in [0.1, 0.15) is 13.8 Å². The van der Waals surface area contributed by atoms with Crippen LogP contribution < -0.4 is 9.64 Å². The van der Waals surface area contributed by atoms with E-state index in [-0.39, 0.29) is 0 Å². The lowest BCUT2D eigenvalue weighted by atomic mass is 10.2. The van der Waals surface area contributed by atoms with Gasteiger partial charge in [-0.3, -0.25) is 0 Å². The van der Waals surface area contributed by atoms with Crippen LogP contribution in [-0.4, -0.2) is 30.8 Å². The zero-order valence-corrected chi connectivity index (χ0v) is 9.80. The lowest BCUT2D eigenvalue weighted by Gasteiger charge is -2.25. The van der Waals surface area contributed by atoms with E-state index in [1.807, 2.05) is 31.2 Å². The first kappa shape index (κ1) is 12.4. The van der Waals surface area contributed by atoms with Crippen LogP contribution in [0.15, 0.2) is 24.3 Å². The molecule has 0 saturated carbocycles. The number of carboxylic acid groups (broad SMARTS) is 1. The second kappa shape index (κ2) is 5.39. The highest BCUT2D eigenvalue weighted by Gasteiger charge is 2.19. The first-order valence-corrected chi connectivity index (χ1v) is 5.25. The SMILES string of the molecule is CCOc1ccccc1N(C)[C@@H](C)C(=O)O. The Morgan fingerprint density at radius 3 is 2.69 bits per heavy atom. The number of anilines is 1. The van der Waals surface area contributed by atoms with Crippen molar-refractivity contribution in [1.82, 2.24) is 0 Å². The molecule has 16 heavy (non-hydrogen) atoms. The molecule has 0 spiro atoms. The van der Waals surface area contributed by atoms with Crippen molar-refractivity contribution in [2.24, 2.45) is 0 Å². The molecule has 0 unspecified atom stereocenters. The van der Waals surface area contributed by atoms with Crippen molar-refractivity contribution in [2.45, 2.75) is 19.9 Å². The van der Waals surface area contributed by atoms with Crippen molar-refractivity contribution in [3.63, 3.8) is 0 Å². The van der Waals surface area contributed by atoms with Gasteiger partial charge in [0.15, 0.2) is 0 Å². The summed E-state index contributed by atoms with van der Waals surface area (Å²) < 4.78 is 5.45. The average Bonchev–Trinajstić information content (AvgIpc) is 2.28. The molecule has 0 saturated heterocycles. The maximum atomic E-state index is 10.9. The van der Waals surface area contributed by atoms with E-state index >= 15 is 0 Å². The van der Waals surface area contributed by atoms with Crippen LogP contribution in [0, 0.1) is 0 Å². The largest absolute Gasteiger partial charge is 0.492 e. The van der Waals surface area contributed by atoms with Crippen LogP contribution in [0.3, 0.4) is 0 Å². The summed E-state index contributed by atoms with van der Waals surface area (Å²) in [5.41, 5.74) is 0.791. The van der Waals surface area contributed by atoms with Crippen LogP contribution in [0.4, 0.5) is 5.69 Å². The molecular formula is C12H17NO3. The van der Waals surface area contributed by atoms with E-state index in [2.05, 4.69) is 0 Å². The molecule has 1 aromatic rings. The van der Waals surface area contributed by atoms with Gasteiger partial charge < -0.3 is 14.7 Å². The minimum absolute atomic E-state index is 0.562. The number of aliphatic carboxylic acids is 1. The summed E-state index contributed by atoms with van der Waals surface area (Å²) >= 11 is 0. The van der Waals surface area contributed by atoms with Crippen LogP contribution in [0.25, 0.3) is 0 Å². The third-order valence-electron chi connectivity index (χ3n) is 2.48. The Hall–Kier alpha value is -1.71. The number of hydrogen-bond acceptors (Lipinski definition) is 3. The summed E-state index contributed by atoms with van der Waals surface area (Å²) in [6.07, 6.45) is 0. The number of benzene rings is 1. The zero-order valence-electron chi connectivity index (χ0n) is 9.80. The molecule has 0 aliphatic carbocycles. The molecule has 1 N–H and O–H groups in total. The van der Waals surface area contributed by atoms with Gasteiger partial charge >= 0.3 is 5.97 Å². The first-order valence-electron chi connectivity index (χ1n) is 5.25. The average molecular weight is 223 g/mol. The fourth-order valence-electron chi connectivity index (χ4n) is 1.40. The molecule has 0 amide bonds. The Morgan fingerprint density at radius 2 is 2.12 bits per heavy atom. The quantitative estimate of drug-likeness (QED) is 0.829. The Balaban J connectivity index is 2.97. The molecule has 0 fully saturated rings. The summed E-state index contributed by atoms with van der Waals surface area (Å²) in [7, 11) is 1.75. The number of nitrogens with zero attached hydrogens (tertiary/aromatic N) is 1. The van der Waals surface area contributed by atoms with Gasteiger partial charge in [-0.05, 0) is 26.0 Å². The molecule has 0 radical (unpaired) electrons. The molecule has 0 heterocycles. The Morgan fingerprint density at radius 1 is 1.50 bits per heavy atom. The van der Waals surface area contributed by atoms with Crippen LogP contribution in [-0.2, 0) is 4.79 Å². The molecule has 4 heteroatoms. The molecule has 0 aliphatic rings. The van der Waals surface area contributed by atoms with Crippen LogP contribution in [0.5, 0.6) is 5.75 Å². The molecule has 1 atom stereocenters. The van der Waals surface area contributed by atoms with E-state index in [1.165, 1.54) is 0 Å². The normalized spacial score (nSPS) is 11.9. The number of carboxylic acids is 1. The number of rotatable bonds is 5. The van der Waals surface area contributed by atoms with E-state index in [1.54, 1.807) is 18.9 Å². The fraction of sp³-hybridized carbons (Fsp3) is 0.417. The van der Waals surface area contributed by atoms with Crippen molar-refractivity contribution >= 4 is 11.7 Å². The predicted molar refractivity (Wildman–Crippen MR) is 63.1 cm³/mol. The predicted octanol–water partition coefficient (Wildman–Crippen LogP) is 1.99. The number of ether oxygens (including phenoxy) is 1. The van der Waals surface area contributed by atoms with Gasteiger partial charge in [-0.25, -0.2) is 4.79 Å². The highest BCUT2D eigenvalue weighted by atomic mass is 16.5. The maximum Gasteiger partial charge on any atom is 0.326 e. The lowest BCUT2D eigenvalue weighted by molar-refractivity contribution is -0.138. The molecule has 0 bridgehead atoms. The number of likely N-dealkylation sites (N-methyl/N-ethyl adjacent to an activating group) is 1. The van der Waals surface area contributed by atoms with Gasteiger partial charge in [0, 0.05) is 7.05 Å². The molecular weight excluding hydrogens is 206 g/mol. The summed E-state index contributed by atoms with van der Waals surface area (Å²) in [4.78, 5) is 12.6. The lowest BCUT2D eigenvalue weighted by Crippen LogP contribution is -2.36. The Bertz CT molecular complexity index is 365. The maximum absolute atomic E-state index is 10.9. The molecule has 0 aromatic heterocycles. The molecule has 1 rings (SSSR count). The third-order valence-corrected chi connectivity index (χ3v) is 2.48. The highest BCUT2D eigenvalue weighted by molar-refractivity contribution is 5.78. The van der Waals surface area contributed by atoms with Crippen LogP contribution in [0.2, 0.25) is 0 Å². The van der Waals surface area contributed by atoms with E-state index in [0.717, 1.165) is 5.69 Å². The van der Waals surface area contributed by atoms with Gasteiger partial charge in [0.05, 0.1) is 12.3 Å². The standard InChI is InChI=1S/C12H17NO3/c1-4-16-11-8-6-5-7-10(11)13(3)9(2)12(14)15/h5-9H,4H2,1-3H3,(H,14,15)/t9-/m0/s1. The molecule has 4 nitrogen and oxygen atoms in total. The number of para-hydroxylation sites is 2. The van der Waals surface area contributed by atoms with E-state index in [9.17, 15) is 4.79 Å². The van der Waals surface area contributed by atoms with Gasteiger partial charge in [-0.15, -0.1) is 0 Å². The fourth-order valence-corrected chi connectivity index (χ4v) is 1.40. The molecule has 88 valence electrons. The second-order valence-electron chi connectivity index (χ2n) is 3.53. The van der Waals surface area contributed by atoms with Crippen molar-refractivity contribution < 1.29 is 14.6 Å². The Labute approximate surface area is 95.5 Å². The topological polar surface area (TPSA) is 49.8 Å². The van der Waals surface area contributed by atoms with Gasteiger partial charge in [0.25, 0.3) is 0 Å². The third kappa shape index (κ3) is 2.66. The number of hydrogen-bond donors (Lipinski definition) is 1. The van der Waals surface area contributed by atoms with Crippen molar-refractivity contribution in [1.29, 1.82) is 0 Å². The van der Waals surface area contributed by atoms with Crippen molar-refractivity contribution in [3.05, 3.63) is 24.3 Å². The summed E-state index contributed by atoms with van der Waals surface area (Å²) in [5, 5.41) is 8.95. The first-order chi connectivity index (χ1) is 7.57. The minimum Gasteiger partial charge on any atom is -0.492 e. The second-order valence-corrected chi connectivity index (χ2v) is 3.53. The molecule has 0 aliphatic heterocycles. The van der Waals surface area contributed by atoms with Gasteiger partial charge in [-0.1, -0.05) is 12.1 Å². The van der Waals surface area contributed by atoms with E-state index < -0.39 is 12.0 Å². The van der Waals surface area contributed by atoms with Gasteiger partial charge in [0.1, 0.15) is 11.8 Å². The van der Waals surface area contributed by atoms with Gasteiger partial charge in [0.2, 0.25) is 0 Å². The molecule has 1 aromatic carbocycles. The highest BCUT2D eigenvalue weighted by Crippen LogP contribution is 2.28. The van der Waals surface area contributed by atoms with E-state index in [4.69, 9.17) is 9.84 Å². The number of carbonyl (C=O) groups is 1. The van der Waals surface area contributed by atoms with Crippen molar-refractivity contribution in [3.8, 4) is 5.75 Å². The Kier molecular flexibility index (Phi) is 4.17.